The van der Waals surface area contributed by atoms with Gasteiger partial charge in [-0.2, -0.15) is 0 Å². The largest absolute Gasteiger partial charge is 0.352 e. The second-order valence-corrected chi connectivity index (χ2v) is 1.88. The lowest BCUT2D eigenvalue weighted by molar-refractivity contribution is -0.200. The molecule has 0 spiro atoms. The molecule has 3 heteroatoms. The monoisotopic (exact) mass is 133 g/mol. The zero-order chi connectivity index (χ0) is 7.33. The Morgan fingerprint density at radius 3 is 1.78 bits per heavy atom. The molecule has 0 saturated heterocycles. The summed E-state index contributed by atoms with van der Waals surface area (Å²) in [6, 6.07) is 0. The molecule has 0 fully saturated rings. The van der Waals surface area contributed by atoms with Crippen LogP contribution in [0.3, 0.4) is 0 Å². The molecule has 0 rings (SSSR count). The van der Waals surface area contributed by atoms with Crippen molar-refractivity contribution in [2.75, 3.05) is 20.8 Å². The lowest BCUT2D eigenvalue weighted by Gasteiger charge is -2.27. The number of ether oxygens (including phenoxy) is 2. The number of rotatable bonds is 4. The zero-order valence-electron chi connectivity index (χ0n) is 6.31. The summed E-state index contributed by atoms with van der Waals surface area (Å²) < 4.78 is 10.1. The first kappa shape index (κ1) is 8.88. The molecule has 3 nitrogen and oxygen atoms in total. The van der Waals surface area contributed by atoms with E-state index < -0.39 is 5.79 Å². The van der Waals surface area contributed by atoms with Gasteiger partial charge >= 0.3 is 0 Å². The van der Waals surface area contributed by atoms with Crippen LogP contribution >= 0.6 is 0 Å². The van der Waals surface area contributed by atoms with Crippen LogP contribution in [0.1, 0.15) is 13.3 Å². The van der Waals surface area contributed by atoms with Gasteiger partial charge in [0.25, 0.3) is 0 Å². The van der Waals surface area contributed by atoms with E-state index in [1.54, 1.807) is 14.2 Å². The van der Waals surface area contributed by atoms with Crippen LogP contribution in [0.15, 0.2) is 0 Å². The van der Waals surface area contributed by atoms with Crippen LogP contribution in [0, 0.1) is 0 Å². The molecule has 0 bridgehead atoms. The van der Waals surface area contributed by atoms with Crippen LogP contribution in [-0.2, 0) is 9.47 Å². The molecule has 0 aliphatic heterocycles. The van der Waals surface area contributed by atoms with E-state index in [9.17, 15) is 0 Å². The summed E-state index contributed by atoms with van der Waals surface area (Å²) in [6.07, 6.45) is 0.774. The molecule has 0 aromatic rings. The molecule has 0 heterocycles. The zero-order valence-corrected chi connectivity index (χ0v) is 6.31. The average Bonchev–Trinajstić information content (AvgIpc) is 1.95. The van der Waals surface area contributed by atoms with E-state index in [2.05, 4.69) is 0 Å². The fraction of sp³-hybridized carbons (Fsp3) is 1.00. The van der Waals surface area contributed by atoms with Gasteiger partial charge in [0.1, 0.15) is 0 Å². The second kappa shape index (κ2) is 3.82. The van der Waals surface area contributed by atoms with Crippen LogP contribution in [0.5, 0.6) is 0 Å². The number of methoxy groups -OCH3 is 2. The number of hydrogen-bond acceptors (Lipinski definition) is 3. The van der Waals surface area contributed by atoms with Crippen molar-refractivity contribution in [1.29, 1.82) is 0 Å². The van der Waals surface area contributed by atoms with Gasteiger partial charge in [-0.15, -0.1) is 0 Å². The van der Waals surface area contributed by atoms with Gasteiger partial charge in [0.15, 0.2) is 5.79 Å². The minimum absolute atomic E-state index is 0.399. The number of nitrogens with two attached hydrogens (primary N) is 1. The summed E-state index contributed by atoms with van der Waals surface area (Å²) in [5.74, 6) is -0.556. The van der Waals surface area contributed by atoms with Gasteiger partial charge in [0.05, 0.1) is 0 Å². The van der Waals surface area contributed by atoms with Gasteiger partial charge in [-0.05, 0) is 6.42 Å². The minimum atomic E-state index is -0.556. The van der Waals surface area contributed by atoms with E-state index in [0.717, 1.165) is 6.42 Å². The smallest absolute Gasteiger partial charge is 0.179 e. The van der Waals surface area contributed by atoms with Crippen molar-refractivity contribution in [3.8, 4) is 0 Å². The molecule has 9 heavy (non-hydrogen) atoms. The van der Waals surface area contributed by atoms with Crippen molar-refractivity contribution in [2.24, 2.45) is 5.73 Å². The number of hydrogen-bond donors (Lipinski definition) is 1. The first-order chi connectivity index (χ1) is 4.24. The van der Waals surface area contributed by atoms with Crippen LogP contribution in [0.2, 0.25) is 0 Å². The molecule has 0 aliphatic rings. The Morgan fingerprint density at radius 1 is 1.33 bits per heavy atom. The molecule has 2 N–H and O–H groups in total. The summed E-state index contributed by atoms with van der Waals surface area (Å²) in [7, 11) is 3.19. The van der Waals surface area contributed by atoms with Crippen molar-refractivity contribution in [1.82, 2.24) is 0 Å². The Kier molecular flexibility index (Phi) is 3.77. The van der Waals surface area contributed by atoms with Crippen molar-refractivity contribution >= 4 is 0 Å². The summed E-state index contributed by atoms with van der Waals surface area (Å²) in [6.45, 7) is 2.37. The normalized spacial score (nSPS) is 12.0. The van der Waals surface area contributed by atoms with Gasteiger partial charge in [0.2, 0.25) is 0 Å². The first-order valence-electron chi connectivity index (χ1n) is 3.05. The molecule has 56 valence electrons. The second-order valence-electron chi connectivity index (χ2n) is 1.88. The van der Waals surface area contributed by atoms with Gasteiger partial charge in [0, 0.05) is 20.8 Å². The Balaban J connectivity index is 3.82. The van der Waals surface area contributed by atoms with Crippen LogP contribution in [0.4, 0.5) is 0 Å². The van der Waals surface area contributed by atoms with Crippen LogP contribution in [-0.4, -0.2) is 26.6 Å². The molecule has 0 aromatic heterocycles. The Labute approximate surface area is 56.1 Å². The maximum Gasteiger partial charge on any atom is 0.179 e. The Morgan fingerprint density at radius 2 is 1.78 bits per heavy atom. The third-order valence-electron chi connectivity index (χ3n) is 1.59. The average molecular weight is 133 g/mol. The van der Waals surface area contributed by atoms with Crippen molar-refractivity contribution in [3.05, 3.63) is 0 Å². The molecular weight excluding hydrogens is 118 g/mol. The van der Waals surface area contributed by atoms with E-state index in [-0.39, 0.29) is 0 Å². The summed E-state index contributed by atoms with van der Waals surface area (Å²) in [4.78, 5) is 0. The molecule has 0 radical (unpaired) electrons. The highest BCUT2D eigenvalue weighted by Crippen LogP contribution is 2.12. The maximum absolute atomic E-state index is 5.39. The highest BCUT2D eigenvalue weighted by molar-refractivity contribution is 4.66. The topological polar surface area (TPSA) is 44.5 Å². The predicted octanol–water partition coefficient (Wildman–Crippen LogP) is 0.344. The van der Waals surface area contributed by atoms with E-state index in [1.165, 1.54) is 0 Å². The molecule has 0 atom stereocenters. The Bertz CT molecular complexity index is 53.9. The molecule has 0 aliphatic carbocycles. The quantitative estimate of drug-likeness (QED) is 0.562. The molecule has 0 saturated carbocycles. The highest BCUT2D eigenvalue weighted by atomic mass is 16.7. The van der Waals surface area contributed by atoms with E-state index in [1.807, 2.05) is 6.92 Å². The lowest BCUT2D eigenvalue weighted by atomic mass is 10.2. The minimum Gasteiger partial charge on any atom is -0.352 e. The van der Waals surface area contributed by atoms with E-state index in [4.69, 9.17) is 15.2 Å². The van der Waals surface area contributed by atoms with Crippen LogP contribution in [0.25, 0.3) is 0 Å². The summed E-state index contributed by atoms with van der Waals surface area (Å²) >= 11 is 0. The van der Waals surface area contributed by atoms with Crippen LogP contribution < -0.4 is 5.73 Å². The van der Waals surface area contributed by atoms with Crippen molar-refractivity contribution in [3.63, 3.8) is 0 Å². The summed E-state index contributed by atoms with van der Waals surface area (Å²) in [5, 5.41) is 0. The third-order valence-corrected chi connectivity index (χ3v) is 1.59. The lowest BCUT2D eigenvalue weighted by Crippen LogP contribution is -2.40. The molecular formula is C6H15NO2. The van der Waals surface area contributed by atoms with Gasteiger partial charge in [-0.3, -0.25) is 0 Å². The van der Waals surface area contributed by atoms with Gasteiger partial charge in [-0.25, -0.2) is 0 Å². The van der Waals surface area contributed by atoms with Gasteiger partial charge < -0.3 is 15.2 Å². The standard InChI is InChI=1S/C6H15NO2/c1-4-6(5-7,8-2)9-3/h4-5,7H2,1-3H3. The molecule has 0 unspecified atom stereocenters. The summed E-state index contributed by atoms with van der Waals surface area (Å²) in [5.41, 5.74) is 5.39. The van der Waals surface area contributed by atoms with Gasteiger partial charge in [-0.1, -0.05) is 6.92 Å². The SMILES string of the molecule is CCC(CN)(OC)OC. The molecule has 0 amide bonds. The van der Waals surface area contributed by atoms with Crippen molar-refractivity contribution < 1.29 is 9.47 Å². The van der Waals surface area contributed by atoms with Crippen molar-refractivity contribution in [2.45, 2.75) is 19.1 Å². The third kappa shape index (κ3) is 1.93. The van der Waals surface area contributed by atoms with E-state index >= 15 is 0 Å². The first-order valence-corrected chi connectivity index (χ1v) is 3.05. The Hall–Kier alpha value is -0.120. The molecule has 0 aromatic carbocycles. The highest BCUT2D eigenvalue weighted by Gasteiger charge is 2.24. The predicted molar refractivity (Wildman–Crippen MR) is 36.1 cm³/mol. The fourth-order valence-electron chi connectivity index (χ4n) is 0.683. The van der Waals surface area contributed by atoms with E-state index in [0.29, 0.717) is 6.54 Å². The fourth-order valence-corrected chi connectivity index (χ4v) is 0.683. The maximum atomic E-state index is 5.39.